The van der Waals surface area contributed by atoms with Gasteiger partial charge in [0.05, 0.1) is 0 Å². The summed E-state index contributed by atoms with van der Waals surface area (Å²) in [7, 11) is 0. The van der Waals surface area contributed by atoms with Gasteiger partial charge in [-0.05, 0) is 31.2 Å². The Morgan fingerprint density at radius 2 is 2.00 bits per heavy atom. The summed E-state index contributed by atoms with van der Waals surface area (Å²) < 4.78 is 0. The fourth-order valence-corrected chi connectivity index (χ4v) is 1.01. The largest absolute Gasteiger partial charge is 0.364 e. The minimum absolute atomic E-state index is 0.636. The number of benzene rings is 1. The number of nitrogens with two attached hydrogens (primary N) is 1. The molecule has 0 unspecified atom stereocenters. The maximum Gasteiger partial charge on any atom is 0.150 e. The van der Waals surface area contributed by atoms with Crippen molar-refractivity contribution in [2.24, 2.45) is 5.73 Å². The van der Waals surface area contributed by atoms with Crippen LogP contribution in [0.2, 0.25) is 0 Å². The van der Waals surface area contributed by atoms with Gasteiger partial charge in [0.15, 0.2) is 0 Å². The number of carbonyl (C=O) groups excluding carboxylic acids is 1. The molecule has 0 fully saturated rings. The van der Waals surface area contributed by atoms with Gasteiger partial charge in [-0.25, -0.2) is 0 Å². The number of hydrogen-bond acceptors (Lipinski definition) is 3. The van der Waals surface area contributed by atoms with Gasteiger partial charge in [0.25, 0.3) is 0 Å². The Kier molecular flexibility index (Phi) is 3.04. The zero-order valence-electron chi connectivity index (χ0n) is 8.16. The van der Waals surface area contributed by atoms with Gasteiger partial charge in [-0.15, -0.1) is 0 Å². The molecule has 3 N–H and O–H groups in total. The van der Waals surface area contributed by atoms with Gasteiger partial charge in [-0.2, -0.15) is 0 Å². The predicted molar refractivity (Wildman–Crippen MR) is 58.2 cm³/mol. The fourth-order valence-electron chi connectivity index (χ4n) is 1.01. The van der Waals surface area contributed by atoms with E-state index in [0.717, 1.165) is 12.0 Å². The van der Waals surface area contributed by atoms with Gasteiger partial charge < -0.3 is 11.1 Å². The molecule has 0 aliphatic rings. The zero-order chi connectivity index (χ0) is 10.6. The number of aldehydes is 1. The van der Waals surface area contributed by atoms with E-state index in [2.05, 4.69) is 11.9 Å². The van der Waals surface area contributed by atoms with Crippen molar-refractivity contribution in [3.8, 4) is 0 Å². The Bertz CT molecular complexity index is 328. The molecule has 1 aromatic rings. The van der Waals surface area contributed by atoms with Crippen molar-refractivity contribution in [1.82, 2.24) is 0 Å². The first-order chi connectivity index (χ1) is 6.57. The monoisotopic (exact) mass is 190 g/mol. The third kappa shape index (κ3) is 2.71. The van der Waals surface area contributed by atoms with Crippen molar-refractivity contribution in [2.45, 2.75) is 12.6 Å². The second kappa shape index (κ2) is 4.07. The molecule has 1 atom stereocenters. The molecule has 74 valence electrons. The molecular formula is C11H14N2O. The zero-order valence-corrected chi connectivity index (χ0v) is 8.16. The molecule has 1 rings (SSSR count). The predicted octanol–water partition coefficient (Wildman–Crippen LogP) is 1.77. The number of rotatable bonds is 4. The Balaban J connectivity index is 2.78. The van der Waals surface area contributed by atoms with Crippen molar-refractivity contribution >= 4 is 12.0 Å². The van der Waals surface area contributed by atoms with E-state index in [-0.39, 0.29) is 0 Å². The summed E-state index contributed by atoms with van der Waals surface area (Å²) in [5, 5.41) is 3.06. The summed E-state index contributed by atoms with van der Waals surface area (Å²) >= 11 is 0. The van der Waals surface area contributed by atoms with Crippen molar-refractivity contribution in [1.29, 1.82) is 0 Å². The smallest absolute Gasteiger partial charge is 0.150 e. The van der Waals surface area contributed by atoms with Crippen LogP contribution in [-0.4, -0.2) is 11.9 Å². The maximum atomic E-state index is 10.4. The molecule has 3 nitrogen and oxygen atoms in total. The topological polar surface area (TPSA) is 55.1 Å². The first-order valence-electron chi connectivity index (χ1n) is 4.33. The molecule has 0 spiro atoms. The van der Waals surface area contributed by atoms with Crippen LogP contribution in [0, 0.1) is 0 Å². The van der Waals surface area contributed by atoms with E-state index in [1.165, 1.54) is 0 Å². The van der Waals surface area contributed by atoms with E-state index in [9.17, 15) is 4.79 Å². The Morgan fingerprint density at radius 1 is 1.43 bits per heavy atom. The van der Waals surface area contributed by atoms with Crippen LogP contribution >= 0.6 is 0 Å². The lowest BCUT2D eigenvalue weighted by Gasteiger charge is -2.23. The van der Waals surface area contributed by atoms with Crippen LogP contribution in [-0.2, 0) is 0 Å². The molecule has 1 aromatic carbocycles. The van der Waals surface area contributed by atoms with Crippen LogP contribution in [0.1, 0.15) is 17.3 Å². The number of nitrogens with one attached hydrogen (secondary N) is 1. The minimum Gasteiger partial charge on any atom is -0.364 e. The molecule has 3 heteroatoms. The van der Waals surface area contributed by atoms with Crippen molar-refractivity contribution < 1.29 is 4.79 Å². The third-order valence-corrected chi connectivity index (χ3v) is 1.88. The molecule has 0 saturated carbocycles. The Hall–Kier alpha value is -1.61. The summed E-state index contributed by atoms with van der Waals surface area (Å²) in [4.78, 5) is 10.4. The van der Waals surface area contributed by atoms with Gasteiger partial charge in [-0.1, -0.05) is 12.7 Å². The summed E-state index contributed by atoms with van der Waals surface area (Å²) in [6, 6.07) is 7.07. The second-order valence-corrected chi connectivity index (χ2v) is 3.35. The van der Waals surface area contributed by atoms with Crippen LogP contribution in [0.15, 0.2) is 36.9 Å². The Labute approximate surface area is 83.6 Å². The van der Waals surface area contributed by atoms with Gasteiger partial charge in [0, 0.05) is 11.3 Å². The molecular weight excluding hydrogens is 176 g/mol. The minimum atomic E-state index is -0.636. The Morgan fingerprint density at radius 3 is 2.43 bits per heavy atom. The molecule has 14 heavy (non-hydrogen) atoms. The van der Waals surface area contributed by atoms with Crippen LogP contribution in [0.3, 0.4) is 0 Å². The standard InChI is InChI=1S/C11H14N2O/c1-3-11(2,12)13-10-6-4-9(8-14)5-7-10/h3-8,13H,1,12H2,2H3/t11-/m0/s1. The van der Waals surface area contributed by atoms with Crippen LogP contribution in [0.25, 0.3) is 0 Å². The summed E-state index contributed by atoms with van der Waals surface area (Å²) in [6.07, 6.45) is 2.43. The summed E-state index contributed by atoms with van der Waals surface area (Å²) in [5.74, 6) is 0. The fraction of sp³-hybridized carbons (Fsp3) is 0.182. The maximum absolute atomic E-state index is 10.4. The highest BCUT2D eigenvalue weighted by Gasteiger charge is 2.11. The molecule has 0 aromatic heterocycles. The highest BCUT2D eigenvalue weighted by atomic mass is 16.1. The third-order valence-electron chi connectivity index (χ3n) is 1.88. The van der Waals surface area contributed by atoms with E-state index in [0.29, 0.717) is 5.56 Å². The number of carbonyl (C=O) groups is 1. The molecule has 0 bridgehead atoms. The van der Waals surface area contributed by atoms with Gasteiger partial charge in [0.1, 0.15) is 11.9 Å². The van der Waals surface area contributed by atoms with Gasteiger partial charge in [0.2, 0.25) is 0 Å². The van der Waals surface area contributed by atoms with E-state index < -0.39 is 5.66 Å². The van der Waals surface area contributed by atoms with Crippen molar-refractivity contribution in [3.05, 3.63) is 42.5 Å². The first-order valence-corrected chi connectivity index (χ1v) is 4.33. The quantitative estimate of drug-likeness (QED) is 0.432. The molecule has 0 amide bonds. The SMILES string of the molecule is C=C[C@@](C)(N)Nc1ccc(C=O)cc1. The molecule has 0 radical (unpaired) electrons. The molecule has 0 aliphatic carbocycles. The lowest BCUT2D eigenvalue weighted by atomic mass is 10.1. The summed E-state index contributed by atoms with van der Waals surface area (Å²) in [5.41, 5.74) is 6.69. The normalized spacial score (nSPS) is 14.1. The highest BCUT2D eigenvalue weighted by Crippen LogP contribution is 2.12. The van der Waals surface area contributed by atoms with E-state index in [4.69, 9.17) is 5.73 Å². The molecule has 0 heterocycles. The number of anilines is 1. The number of hydrogen-bond donors (Lipinski definition) is 2. The average Bonchev–Trinajstić information content (AvgIpc) is 2.19. The summed E-state index contributed by atoms with van der Waals surface area (Å²) in [6.45, 7) is 5.43. The highest BCUT2D eigenvalue weighted by molar-refractivity contribution is 5.75. The molecule has 0 saturated heterocycles. The van der Waals surface area contributed by atoms with E-state index >= 15 is 0 Å². The second-order valence-electron chi connectivity index (χ2n) is 3.35. The van der Waals surface area contributed by atoms with Gasteiger partial charge >= 0.3 is 0 Å². The first kappa shape index (κ1) is 10.5. The van der Waals surface area contributed by atoms with Crippen LogP contribution in [0.4, 0.5) is 5.69 Å². The molecule has 0 aliphatic heterocycles. The van der Waals surface area contributed by atoms with Crippen molar-refractivity contribution in [2.75, 3.05) is 5.32 Å². The van der Waals surface area contributed by atoms with Crippen LogP contribution in [0.5, 0.6) is 0 Å². The van der Waals surface area contributed by atoms with Crippen molar-refractivity contribution in [3.63, 3.8) is 0 Å². The van der Waals surface area contributed by atoms with E-state index in [1.54, 1.807) is 30.3 Å². The lowest BCUT2D eigenvalue weighted by Crippen LogP contribution is -2.42. The average molecular weight is 190 g/mol. The van der Waals surface area contributed by atoms with Crippen LogP contribution < -0.4 is 11.1 Å². The van der Waals surface area contributed by atoms with Gasteiger partial charge in [-0.3, -0.25) is 4.79 Å². The van der Waals surface area contributed by atoms with E-state index in [1.807, 2.05) is 6.92 Å². The lowest BCUT2D eigenvalue weighted by molar-refractivity contribution is 0.112.